The van der Waals surface area contributed by atoms with Gasteiger partial charge in [-0.15, -0.1) is 164 Å². The molecule has 0 N–H and O–H groups in total. The first kappa shape index (κ1) is 42.9. The third kappa shape index (κ3) is 11.5. The van der Waals surface area contributed by atoms with Crippen LogP contribution in [0.2, 0.25) is 0 Å². The van der Waals surface area contributed by atoms with E-state index in [1.54, 1.807) is 28.4 Å². The number of methoxy groups -OCH3 is 4. The minimum Gasteiger partial charge on any atom is -1.00 e. The summed E-state index contributed by atoms with van der Waals surface area (Å²) in [6.45, 7) is 0. The number of halogens is 2. The SMILES string of the molecule is COc1cc2ccccc2[cH-]1.COc1cc2ccccc2[cH-]1.COc1cc2ccccc2[cH-]1.COc1cc2ccccc2[cH-]1.[Cl-].[Cl-].[Zr+2].[Zr+2]. The summed E-state index contributed by atoms with van der Waals surface area (Å²) in [5, 5.41) is 9.92. The second-order valence-electron chi connectivity index (χ2n) is 10.1. The molecule has 0 atom stereocenters. The Hall–Kier alpha value is -3.13. The fourth-order valence-corrected chi connectivity index (χ4v) is 4.96. The molecule has 0 aromatic heterocycles. The smallest absolute Gasteiger partial charge is 1.00 e. The van der Waals surface area contributed by atoms with Crippen molar-refractivity contribution in [3.05, 3.63) is 146 Å². The Morgan fingerprint density at radius 2 is 0.521 bits per heavy atom. The van der Waals surface area contributed by atoms with E-state index < -0.39 is 0 Å². The summed E-state index contributed by atoms with van der Waals surface area (Å²) in [5.41, 5.74) is 0. The fourth-order valence-electron chi connectivity index (χ4n) is 4.96. The predicted octanol–water partition coefficient (Wildman–Crippen LogP) is 4.27. The van der Waals surface area contributed by atoms with Gasteiger partial charge in [0.1, 0.15) is 0 Å². The van der Waals surface area contributed by atoms with Crippen molar-refractivity contribution in [1.29, 1.82) is 0 Å². The van der Waals surface area contributed by atoms with Crippen LogP contribution in [0.1, 0.15) is 0 Å². The number of rotatable bonds is 4. The molecule has 0 unspecified atom stereocenters. The van der Waals surface area contributed by atoms with Crippen LogP contribution in [0.5, 0.6) is 23.0 Å². The summed E-state index contributed by atoms with van der Waals surface area (Å²) in [7, 11) is 6.75. The van der Waals surface area contributed by atoms with Crippen molar-refractivity contribution in [1.82, 2.24) is 0 Å². The Balaban J connectivity index is 0.000000311. The van der Waals surface area contributed by atoms with E-state index in [2.05, 4.69) is 48.5 Å². The summed E-state index contributed by atoms with van der Waals surface area (Å²) in [4.78, 5) is 0. The van der Waals surface area contributed by atoms with Gasteiger partial charge in [-0.3, -0.25) is 0 Å². The maximum absolute atomic E-state index is 5.10. The van der Waals surface area contributed by atoms with Gasteiger partial charge in [-0.05, 0) is 0 Å². The van der Waals surface area contributed by atoms with Crippen LogP contribution in [0.15, 0.2) is 146 Å². The zero-order chi connectivity index (χ0) is 30.7. The molecule has 0 spiro atoms. The Morgan fingerprint density at radius 1 is 0.333 bits per heavy atom. The number of hydrogen-bond acceptors (Lipinski definition) is 4. The molecular weight excluding hydrogens is 798 g/mol. The van der Waals surface area contributed by atoms with Gasteiger partial charge < -0.3 is 43.8 Å². The van der Waals surface area contributed by atoms with Crippen LogP contribution in [0.25, 0.3) is 43.1 Å². The summed E-state index contributed by atoms with van der Waals surface area (Å²) in [5.74, 6) is 3.75. The van der Waals surface area contributed by atoms with Crippen molar-refractivity contribution in [3.63, 3.8) is 0 Å². The van der Waals surface area contributed by atoms with E-state index >= 15 is 0 Å². The monoisotopic (exact) mass is 830 g/mol. The quantitative estimate of drug-likeness (QED) is 0.249. The molecular formula is C40H36Cl2O4Zr2-2. The molecule has 244 valence electrons. The van der Waals surface area contributed by atoms with Gasteiger partial charge in [-0.1, -0.05) is 24.3 Å². The molecule has 0 aliphatic carbocycles. The third-order valence-corrected chi connectivity index (χ3v) is 7.31. The Morgan fingerprint density at radius 3 is 0.688 bits per heavy atom. The summed E-state index contributed by atoms with van der Waals surface area (Å²) in [6.07, 6.45) is 0. The molecule has 8 heteroatoms. The molecule has 0 aliphatic rings. The topological polar surface area (TPSA) is 36.9 Å². The number of hydrogen-bond donors (Lipinski definition) is 0. The fraction of sp³-hybridized carbons (Fsp3) is 0.100. The van der Waals surface area contributed by atoms with E-state index in [-0.39, 0.29) is 77.2 Å². The van der Waals surface area contributed by atoms with Crippen LogP contribution in [-0.2, 0) is 52.4 Å². The third-order valence-electron chi connectivity index (χ3n) is 7.31. The van der Waals surface area contributed by atoms with Crippen molar-refractivity contribution in [2.45, 2.75) is 0 Å². The van der Waals surface area contributed by atoms with Crippen molar-refractivity contribution >= 4 is 43.1 Å². The van der Waals surface area contributed by atoms with Gasteiger partial charge in [-0.25, -0.2) is 0 Å². The van der Waals surface area contributed by atoms with Gasteiger partial charge >= 0.3 is 52.4 Å². The summed E-state index contributed by atoms with van der Waals surface area (Å²) >= 11 is 0. The first-order valence-corrected chi connectivity index (χ1v) is 14.4. The predicted molar refractivity (Wildman–Crippen MR) is 184 cm³/mol. The molecule has 4 nitrogen and oxygen atoms in total. The summed E-state index contributed by atoms with van der Waals surface area (Å²) < 4.78 is 20.4. The maximum Gasteiger partial charge on any atom is 2.00 e. The van der Waals surface area contributed by atoms with E-state index in [9.17, 15) is 0 Å². The van der Waals surface area contributed by atoms with Crippen LogP contribution < -0.4 is 43.8 Å². The number of fused-ring (bicyclic) bond motifs is 4. The van der Waals surface area contributed by atoms with E-state index in [0.29, 0.717) is 0 Å². The molecule has 8 aromatic rings. The van der Waals surface area contributed by atoms with Gasteiger partial charge in [-0.2, -0.15) is 0 Å². The molecule has 8 aromatic carbocycles. The van der Waals surface area contributed by atoms with Crippen LogP contribution in [0, 0.1) is 0 Å². The second-order valence-corrected chi connectivity index (χ2v) is 10.1. The van der Waals surface area contributed by atoms with Crippen LogP contribution >= 0.6 is 0 Å². The number of benzene rings is 4. The van der Waals surface area contributed by atoms with Crippen molar-refractivity contribution in [2.75, 3.05) is 28.4 Å². The molecule has 48 heavy (non-hydrogen) atoms. The van der Waals surface area contributed by atoms with E-state index in [1.807, 2.05) is 97.1 Å². The summed E-state index contributed by atoms with van der Waals surface area (Å²) in [6, 6.07) is 49.2. The largest absolute Gasteiger partial charge is 2.00 e. The van der Waals surface area contributed by atoms with Crippen LogP contribution in [0.3, 0.4) is 0 Å². The molecule has 0 amide bonds. The van der Waals surface area contributed by atoms with Gasteiger partial charge in [0.2, 0.25) is 0 Å². The van der Waals surface area contributed by atoms with Crippen LogP contribution in [-0.4, -0.2) is 28.4 Å². The average Bonchev–Trinajstić information content (AvgIpc) is 3.88. The zero-order valence-corrected chi connectivity index (χ0v) is 33.7. The van der Waals surface area contributed by atoms with Crippen molar-refractivity contribution < 1.29 is 96.2 Å². The normalized spacial score (nSPS) is 9.42. The molecule has 0 heterocycles. The van der Waals surface area contributed by atoms with Crippen molar-refractivity contribution in [3.8, 4) is 23.0 Å². The molecule has 0 radical (unpaired) electrons. The van der Waals surface area contributed by atoms with E-state index in [4.69, 9.17) is 18.9 Å². The van der Waals surface area contributed by atoms with Crippen LogP contribution in [0.4, 0.5) is 0 Å². The second kappa shape index (κ2) is 21.8. The van der Waals surface area contributed by atoms with E-state index in [1.165, 1.54) is 43.1 Å². The molecule has 0 saturated carbocycles. The molecule has 8 rings (SSSR count). The standard InChI is InChI=1S/4C10H9O.2ClH.2Zr/c4*1-11-10-6-8-4-2-3-5-9(8)7-10;;;;/h4*2-7H,1H3;2*1H;;/q4*-1;;;2*+2/p-2. The Labute approximate surface area is 333 Å². The van der Waals surface area contributed by atoms with Gasteiger partial charge in [0.05, 0.1) is 28.4 Å². The Bertz CT molecular complexity index is 1630. The maximum atomic E-state index is 5.10. The van der Waals surface area contributed by atoms with E-state index in [0.717, 1.165) is 23.0 Å². The molecule has 0 aliphatic heterocycles. The zero-order valence-electron chi connectivity index (χ0n) is 27.2. The first-order valence-electron chi connectivity index (χ1n) is 14.4. The van der Waals surface area contributed by atoms with Gasteiger partial charge in [0.25, 0.3) is 0 Å². The molecule has 0 bridgehead atoms. The minimum absolute atomic E-state index is 0. The first-order chi connectivity index (χ1) is 21.6. The van der Waals surface area contributed by atoms with Gasteiger partial charge in [0.15, 0.2) is 0 Å². The van der Waals surface area contributed by atoms with Gasteiger partial charge in [0, 0.05) is 23.0 Å². The molecule has 0 saturated heterocycles. The average molecular weight is 834 g/mol. The number of ether oxygens (including phenoxy) is 4. The Kier molecular flexibility index (Phi) is 19.4. The minimum atomic E-state index is 0. The van der Waals surface area contributed by atoms with Crippen molar-refractivity contribution in [2.24, 2.45) is 0 Å². The molecule has 0 fully saturated rings.